The van der Waals surface area contributed by atoms with Crippen molar-refractivity contribution in [3.05, 3.63) is 60.3 Å². The highest BCUT2D eigenvalue weighted by Gasteiger charge is 2.11. The molecule has 0 unspecified atom stereocenters. The predicted molar refractivity (Wildman–Crippen MR) is 117 cm³/mol. The van der Waals surface area contributed by atoms with Crippen LogP contribution < -0.4 is 14.8 Å². The Morgan fingerprint density at radius 3 is 2.59 bits per heavy atom. The lowest BCUT2D eigenvalue weighted by molar-refractivity contribution is -0.118. The van der Waals surface area contributed by atoms with Gasteiger partial charge in [0.2, 0.25) is 0 Å². The van der Waals surface area contributed by atoms with E-state index in [0.29, 0.717) is 24.0 Å². The van der Waals surface area contributed by atoms with Crippen LogP contribution in [0.2, 0.25) is 0 Å². The Morgan fingerprint density at radius 1 is 1.07 bits per heavy atom. The molecule has 1 aromatic heterocycles. The number of ether oxygens (including phenoxy) is 2. The van der Waals surface area contributed by atoms with Gasteiger partial charge in [-0.2, -0.15) is 0 Å². The highest BCUT2D eigenvalue weighted by molar-refractivity contribution is 6.03. The van der Waals surface area contributed by atoms with E-state index in [1.807, 2.05) is 48.5 Å². The molecule has 0 radical (unpaired) electrons. The van der Waals surface area contributed by atoms with Crippen molar-refractivity contribution in [2.75, 3.05) is 18.5 Å². The zero-order valence-corrected chi connectivity index (χ0v) is 17.3. The summed E-state index contributed by atoms with van der Waals surface area (Å²) in [7, 11) is 0. The summed E-state index contributed by atoms with van der Waals surface area (Å²) in [5.41, 5.74) is 2.67. The molecule has 0 spiro atoms. The molecule has 0 atom stereocenters. The number of benzene rings is 2. The normalized spacial score (nSPS) is 10.9. The number of unbranched alkanes of at least 4 members (excludes halogenated alkanes) is 1. The van der Waals surface area contributed by atoms with E-state index in [0.717, 1.165) is 29.5 Å². The fourth-order valence-electron chi connectivity index (χ4n) is 2.98. The molecular formula is C24H28N2O3. The van der Waals surface area contributed by atoms with Gasteiger partial charge in [0.25, 0.3) is 5.91 Å². The molecule has 3 rings (SSSR count). The third-order valence-electron chi connectivity index (χ3n) is 4.68. The number of pyridine rings is 1. The summed E-state index contributed by atoms with van der Waals surface area (Å²) in [6.45, 7) is 7.00. The lowest BCUT2D eigenvalue weighted by Gasteiger charge is -2.13. The highest BCUT2D eigenvalue weighted by atomic mass is 16.5. The molecule has 2 aromatic carbocycles. The smallest absolute Gasteiger partial charge is 0.262 e. The van der Waals surface area contributed by atoms with Gasteiger partial charge >= 0.3 is 0 Å². The van der Waals surface area contributed by atoms with Gasteiger partial charge < -0.3 is 14.8 Å². The van der Waals surface area contributed by atoms with Crippen LogP contribution in [0.25, 0.3) is 10.9 Å². The minimum absolute atomic E-state index is 0.0580. The van der Waals surface area contributed by atoms with Crippen LogP contribution in [0.5, 0.6) is 11.5 Å². The number of aromatic nitrogens is 1. The highest BCUT2D eigenvalue weighted by Crippen LogP contribution is 2.30. The number of fused-ring (bicyclic) bond motifs is 1. The van der Waals surface area contributed by atoms with Gasteiger partial charge in [-0.1, -0.05) is 39.3 Å². The van der Waals surface area contributed by atoms with Crippen LogP contribution in [0.4, 0.5) is 5.69 Å². The SMILES string of the molecule is CCCCOc1ccc(NC(=O)COc2ccc(C(C)C)cc2)c2cccnc12. The lowest BCUT2D eigenvalue weighted by Crippen LogP contribution is -2.20. The largest absolute Gasteiger partial charge is 0.491 e. The zero-order valence-electron chi connectivity index (χ0n) is 17.3. The molecule has 0 saturated carbocycles. The van der Waals surface area contributed by atoms with Crippen molar-refractivity contribution in [3.63, 3.8) is 0 Å². The Bertz CT molecular complexity index is 952. The van der Waals surface area contributed by atoms with E-state index in [-0.39, 0.29) is 12.5 Å². The van der Waals surface area contributed by atoms with E-state index in [1.165, 1.54) is 5.56 Å². The average molecular weight is 392 g/mol. The average Bonchev–Trinajstić information content (AvgIpc) is 2.74. The first-order valence-corrected chi connectivity index (χ1v) is 10.1. The number of nitrogens with zero attached hydrogens (tertiary/aromatic N) is 1. The van der Waals surface area contributed by atoms with Gasteiger partial charge in [-0.05, 0) is 54.3 Å². The lowest BCUT2D eigenvalue weighted by atomic mass is 10.0. The first-order valence-electron chi connectivity index (χ1n) is 10.1. The van der Waals surface area contributed by atoms with Gasteiger partial charge in [-0.3, -0.25) is 9.78 Å². The summed E-state index contributed by atoms with van der Waals surface area (Å²) >= 11 is 0. The van der Waals surface area contributed by atoms with Crippen LogP contribution in [0.15, 0.2) is 54.7 Å². The third kappa shape index (κ3) is 5.47. The predicted octanol–water partition coefficient (Wildman–Crippen LogP) is 5.55. The molecule has 0 saturated heterocycles. The van der Waals surface area contributed by atoms with Crippen LogP contribution in [-0.4, -0.2) is 24.1 Å². The number of rotatable bonds is 9. The van der Waals surface area contributed by atoms with Gasteiger partial charge in [0.15, 0.2) is 6.61 Å². The van der Waals surface area contributed by atoms with Crippen molar-refractivity contribution in [2.45, 2.75) is 39.5 Å². The molecule has 152 valence electrons. The van der Waals surface area contributed by atoms with Crippen LogP contribution in [-0.2, 0) is 4.79 Å². The summed E-state index contributed by atoms with van der Waals surface area (Å²) in [6, 6.07) is 15.3. The van der Waals surface area contributed by atoms with E-state index >= 15 is 0 Å². The second-order valence-corrected chi connectivity index (χ2v) is 7.27. The van der Waals surface area contributed by atoms with Gasteiger partial charge in [0.05, 0.1) is 12.3 Å². The number of amides is 1. The maximum absolute atomic E-state index is 12.4. The summed E-state index contributed by atoms with van der Waals surface area (Å²) in [5.74, 6) is 1.65. The van der Waals surface area contributed by atoms with E-state index in [4.69, 9.17) is 9.47 Å². The molecule has 5 heteroatoms. The van der Waals surface area contributed by atoms with Gasteiger partial charge in [0.1, 0.15) is 17.0 Å². The topological polar surface area (TPSA) is 60.5 Å². The first kappa shape index (κ1) is 20.6. The van der Waals surface area contributed by atoms with Gasteiger partial charge in [-0.15, -0.1) is 0 Å². The van der Waals surface area contributed by atoms with Crippen molar-refractivity contribution in [3.8, 4) is 11.5 Å². The van der Waals surface area contributed by atoms with Crippen molar-refractivity contribution in [1.29, 1.82) is 0 Å². The Hall–Kier alpha value is -3.08. The molecule has 1 N–H and O–H groups in total. The van der Waals surface area contributed by atoms with E-state index in [9.17, 15) is 4.79 Å². The molecule has 1 heterocycles. The molecule has 1 amide bonds. The number of hydrogen-bond donors (Lipinski definition) is 1. The number of nitrogens with one attached hydrogen (secondary N) is 1. The standard InChI is InChI=1S/C24H28N2O3/c1-4-5-15-28-22-13-12-21(20-7-6-14-25-24(20)22)26-23(27)16-29-19-10-8-18(9-11-19)17(2)3/h6-14,17H,4-5,15-16H2,1-3H3,(H,26,27). The molecular weight excluding hydrogens is 364 g/mol. The monoisotopic (exact) mass is 392 g/mol. The molecule has 3 aromatic rings. The summed E-state index contributed by atoms with van der Waals surface area (Å²) in [4.78, 5) is 16.8. The Kier molecular flexibility index (Phi) is 7.06. The third-order valence-corrected chi connectivity index (χ3v) is 4.68. The number of carbonyl (C=O) groups excluding carboxylic acids is 1. The fourth-order valence-corrected chi connectivity index (χ4v) is 2.98. The van der Waals surface area contributed by atoms with E-state index in [1.54, 1.807) is 6.20 Å². The molecule has 0 aliphatic heterocycles. The maximum Gasteiger partial charge on any atom is 0.262 e. The summed E-state index contributed by atoms with van der Waals surface area (Å²) < 4.78 is 11.5. The minimum Gasteiger partial charge on any atom is -0.491 e. The van der Waals surface area contributed by atoms with Crippen molar-refractivity contribution < 1.29 is 14.3 Å². The van der Waals surface area contributed by atoms with Gasteiger partial charge in [-0.25, -0.2) is 0 Å². The van der Waals surface area contributed by atoms with Crippen molar-refractivity contribution >= 4 is 22.5 Å². The zero-order chi connectivity index (χ0) is 20.6. The Balaban J connectivity index is 1.66. The van der Waals surface area contributed by atoms with Crippen LogP contribution in [0.1, 0.15) is 45.1 Å². The van der Waals surface area contributed by atoms with E-state index < -0.39 is 0 Å². The molecule has 5 nitrogen and oxygen atoms in total. The quantitative estimate of drug-likeness (QED) is 0.485. The summed E-state index contributed by atoms with van der Waals surface area (Å²) in [6.07, 6.45) is 3.78. The van der Waals surface area contributed by atoms with Crippen LogP contribution in [0.3, 0.4) is 0 Å². The fraction of sp³-hybridized carbons (Fsp3) is 0.333. The Labute approximate surface area is 172 Å². The van der Waals surface area contributed by atoms with Crippen LogP contribution in [0, 0.1) is 0 Å². The van der Waals surface area contributed by atoms with Gasteiger partial charge in [0, 0.05) is 11.6 Å². The number of hydrogen-bond acceptors (Lipinski definition) is 4. The molecule has 0 bridgehead atoms. The molecule has 29 heavy (non-hydrogen) atoms. The molecule has 0 fully saturated rings. The van der Waals surface area contributed by atoms with Crippen molar-refractivity contribution in [1.82, 2.24) is 4.98 Å². The second-order valence-electron chi connectivity index (χ2n) is 7.27. The second kappa shape index (κ2) is 9.92. The Morgan fingerprint density at radius 2 is 1.86 bits per heavy atom. The number of anilines is 1. The van der Waals surface area contributed by atoms with Crippen molar-refractivity contribution in [2.24, 2.45) is 0 Å². The molecule has 0 aliphatic rings. The maximum atomic E-state index is 12.4. The van der Waals surface area contributed by atoms with Crippen LogP contribution >= 0.6 is 0 Å². The summed E-state index contributed by atoms with van der Waals surface area (Å²) in [5, 5.41) is 3.76. The first-order chi connectivity index (χ1) is 14.1. The van der Waals surface area contributed by atoms with E-state index in [2.05, 4.69) is 31.1 Å². The molecule has 0 aliphatic carbocycles. The number of carbonyl (C=O) groups is 1. The minimum atomic E-state index is -0.220.